The van der Waals surface area contributed by atoms with Crippen molar-refractivity contribution in [1.82, 2.24) is 15.6 Å². The van der Waals surface area contributed by atoms with Crippen molar-refractivity contribution in [3.63, 3.8) is 0 Å². The minimum Gasteiger partial charge on any atom is -0.446 e. The third-order valence-corrected chi connectivity index (χ3v) is 6.11. The molecule has 1 aliphatic heterocycles. The van der Waals surface area contributed by atoms with Gasteiger partial charge in [-0.15, -0.1) is 11.3 Å². The molecule has 1 aliphatic carbocycles. The number of halogens is 3. The van der Waals surface area contributed by atoms with Gasteiger partial charge in [-0.3, -0.25) is 4.79 Å². The van der Waals surface area contributed by atoms with Gasteiger partial charge in [0.05, 0.1) is 21.3 Å². The van der Waals surface area contributed by atoms with E-state index in [-0.39, 0.29) is 33.7 Å². The number of ether oxygens (including phenoxy) is 1. The number of carbonyl (C=O) groups is 2. The summed E-state index contributed by atoms with van der Waals surface area (Å²) in [7, 11) is 0. The molecule has 1 saturated carbocycles. The second-order valence-electron chi connectivity index (χ2n) is 7.32. The van der Waals surface area contributed by atoms with E-state index < -0.39 is 30.7 Å². The van der Waals surface area contributed by atoms with Crippen LogP contribution < -0.4 is 15.5 Å². The number of hydrogen-bond acceptors (Lipinski definition) is 6. The van der Waals surface area contributed by atoms with Crippen LogP contribution in [0.5, 0.6) is 0 Å². The lowest BCUT2D eigenvalue weighted by Crippen LogP contribution is -2.40. The van der Waals surface area contributed by atoms with Crippen molar-refractivity contribution in [2.45, 2.75) is 44.0 Å². The summed E-state index contributed by atoms with van der Waals surface area (Å²) in [6.45, 7) is -2.18. The van der Waals surface area contributed by atoms with Gasteiger partial charge in [0.15, 0.2) is 0 Å². The van der Waals surface area contributed by atoms with Crippen LogP contribution in [0.3, 0.4) is 0 Å². The molecule has 0 spiro atoms. The van der Waals surface area contributed by atoms with Crippen LogP contribution in [0.1, 0.15) is 45.7 Å². The number of nitrogens with one attached hydrogen (secondary N) is 2. The average Bonchev–Trinajstić information content (AvgIpc) is 3.40. The summed E-state index contributed by atoms with van der Waals surface area (Å²) in [5.41, 5.74) is -1.37. The molecule has 2 amide bonds. The number of fused-ring (bicyclic) bond motifs is 1. The zero-order valence-electron chi connectivity index (χ0n) is 18.7. The summed E-state index contributed by atoms with van der Waals surface area (Å²) in [5, 5.41) is 5.70. The molecule has 0 radical (unpaired) electrons. The van der Waals surface area contributed by atoms with Crippen molar-refractivity contribution in [3.8, 4) is 0 Å². The number of nitrogens with zero attached hydrogens (tertiary/aromatic N) is 2. The molecule has 2 aliphatic rings. The molecule has 0 unspecified atom stereocenters. The van der Waals surface area contributed by atoms with Gasteiger partial charge in [-0.2, -0.15) is 13.2 Å². The highest BCUT2D eigenvalue weighted by molar-refractivity contribution is 7.17. The Hall–Kier alpha value is -2.56. The number of alkyl carbamates (subject to hydrolysis) is 1. The molecule has 7 nitrogen and oxygen atoms in total. The monoisotopic (exact) mass is 445 g/mol. The molecule has 0 bridgehead atoms. The number of rotatable bonds is 4. The van der Waals surface area contributed by atoms with E-state index in [0.717, 1.165) is 18.9 Å². The van der Waals surface area contributed by atoms with E-state index in [1.165, 1.54) is 5.38 Å². The van der Waals surface area contributed by atoms with Crippen LogP contribution in [0.2, 0.25) is 0 Å². The molecule has 0 atom stereocenters. The van der Waals surface area contributed by atoms with Gasteiger partial charge in [0, 0.05) is 48.4 Å². The fourth-order valence-electron chi connectivity index (χ4n) is 3.38. The number of amides is 2. The Morgan fingerprint density at radius 1 is 1.30 bits per heavy atom. The van der Waals surface area contributed by atoms with Crippen LogP contribution in [-0.2, 0) is 10.9 Å². The predicted molar refractivity (Wildman–Crippen MR) is 106 cm³/mol. The normalized spacial score (nSPS) is 19.7. The van der Waals surface area contributed by atoms with Crippen molar-refractivity contribution in [3.05, 3.63) is 22.6 Å². The Bertz CT molecular complexity index is 1060. The molecule has 2 N–H and O–H groups in total. The molecule has 4 rings (SSSR count). The van der Waals surface area contributed by atoms with Crippen molar-refractivity contribution in [1.29, 1.82) is 0 Å². The van der Waals surface area contributed by atoms with Gasteiger partial charge in [0.2, 0.25) is 0 Å². The number of aromatic nitrogens is 1. The van der Waals surface area contributed by atoms with Gasteiger partial charge in [-0.05, 0) is 18.9 Å². The summed E-state index contributed by atoms with van der Waals surface area (Å²) in [6, 6.07) is 1.10. The van der Waals surface area contributed by atoms with Gasteiger partial charge >= 0.3 is 12.3 Å². The van der Waals surface area contributed by atoms with Crippen LogP contribution in [0, 0.1) is 0 Å². The first-order chi connectivity index (χ1) is 15.4. The molecule has 2 aromatic rings. The van der Waals surface area contributed by atoms with Gasteiger partial charge in [-0.25, -0.2) is 9.78 Å². The van der Waals surface area contributed by atoms with Gasteiger partial charge in [0.25, 0.3) is 5.91 Å². The lowest BCUT2D eigenvalue weighted by atomic mass is 10.1. The second-order valence-corrected chi connectivity index (χ2v) is 8.20. The van der Waals surface area contributed by atoms with Crippen LogP contribution in [0.4, 0.5) is 23.8 Å². The van der Waals surface area contributed by atoms with Crippen LogP contribution in [0.25, 0.3) is 10.2 Å². The number of pyridine rings is 1. The summed E-state index contributed by atoms with van der Waals surface area (Å²) in [6.07, 6.45) is -2.85. The number of carbonyl (C=O) groups excluding carboxylic acids is 2. The largest absolute Gasteiger partial charge is 0.446 e. The molecular weight excluding hydrogens is 421 g/mol. The van der Waals surface area contributed by atoms with E-state index in [0.29, 0.717) is 37.3 Å². The molecule has 2 aromatic heterocycles. The SMILES string of the molecule is [2H]C([2H])([2H])NC(=O)c1csc2c(C(F)(F)F)cc(N3CCC(OC(=O)NC4CC4)CC3)nc12. The highest BCUT2D eigenvalue weighted by atomic mass is 32.1. The van der Waals surface area contributed by atoms with Crippen molar-refractivity contribution >= 4 is 39.4 Å². The van der Waals surface area contributed by atoms with E-state index in [4.69, 9.17) is 8.85 Å². The quantitative estimate of drug-likeness (QED) is 0.752. The summed E-state index contributed by atoms with van der Waals surface area (Å²) >= 11 is 0.684. The third kappa shape index (κ3) is 4.30. The van der Waals surface area contributed by atoms with Gasteiger partial charge in [-0.1, -0.05) is 0 Å². The molecule has 0 aromatic carbocycles. The maximum Gasteiger partial charge on any atom is 0.417 e. The smallest absolute Gasteiger partial charge is 0.417 e. The van der Waals surface area contributed by atoms with E-state index in [2.05, 4.69) is 10.3 Å². The Morgan fingerprint density at radius 2 is 2.03 bits per heavy atom. The maximum absolute atomic E-state index is 13.8. The fourth-order valence-corrected chi connectivity index (χ4v) is 4.40. The fraction of sp³-hybridized carbons (Fsp3) is 0.526. The molecule has 162 valence electrons. The predicted octanol–water partition coefficient (Wildman–Crippen LogP) is 3.53. The highest BCUT2D eigenvalue weighted by Crippen LogP contribution is 2.40. The Balaban J connectivity index is 1.56. The number of piperidine rings is 1. The highest BCUT2D eigenvalue weighted by Gasteiger charge is 2.36. The minimum absolute atomic E-state index is 0.0250. The first-order valence-electron chi connectivity index (χ1n) is 10.9. The molecular formula is C19H21F3N4O3S. The zero-order chi connectivity index (χ0) is 24.0. The summed E-state index contributed by atoms with van der Waals surface area (Å²) < 4.78 is 68.0. The van der Waals surface area contributed by atoms with E-state index >= 15 is 0 Å². The molecule has 3 heterocycles. The third-order valence-electron chi connectivity index (χ3n) is 5.11. The summed E-state index contributed by atoms with van der Waals surface area (Å²) in [5.74, 6) is -0.996. The zero-order valence-corrected chi connectivity index (χ0v) is 16.5. The van der Waals surface area contributed by atoms with Crippen molar-refractivity contribution < 1.29 is 31.6 Å². The van der Waals surface area contributed by atoms with Crippen molar-refractivity contribution in [2.75, 3.05) is 25.0 Å². The number of anilines is 1. The topological polar surface area (TPSA) is 83.6 Å². The first kappa shape index (κ1) is 17.2. The van der Waals surface area contributed by atoms with Crippen LogP contribution in [-0.4, -0.2) is 49.2 Å². The van der Waals surface area contributed by atoms with Gasteiger partial charge in [0.1, 0.15) is 11.9 Å². The molecule has 11 heteroatoms. The van der Waals surface area contributed by atoms with Gasteiger partial charge < -0.3 is 20.3 Å². The maximum atomic E-state index is 13.8. The Labute approximate surface area is 178 Å². The molecule has 30 heavy (non-hydrogen) atoms. The summed E-state index contributed by atoms with van der Waals surface area (Å²) in [4.78, 5) is 30.1. The minimum atomic E-state index is -4.69. The second kappa shape index (κ2) is 7.93. The lowest BCUT2D eigenvalue weighted by molar-refractivity contribution is -0.136. The first-order valence-corrected chi connectivity index (χ1v) is 10.3. The van der Waals surface area contributed by atoms with Crippen LogP contribution in [0.15, 0.2) is 11.4 Å². The number of thiophene rings is 1. The average molecular weight is 445 g/mol. The number of hydrogen-bond donors (Lipinski definition) is 2. The molecule has 2 fully saturated rings. The standard InChI is InChI=1S/C19H21F3N4O3S/c1-23-17(27)12-9-30-16-13(19(20,21)22)8-14(25-15(12)16)26-6-4-11(5-7-26)29-18(28)24-10-2-3-10/h8-11H,2-7H2,1H3,(H,23,27)(H,24,28)/i1D3. The lowest BCUT2D eigenvalue weighted by Gasteiger charge is -2.32. The Morgan fingerprint density at radius 3 is 2.67 bits per heavy atom. The Kier molecular flexibility index (Phi) is 4.54. The molecule has 1 saturated heterocycles. The van der Waals surface area contributed by atoms with E-state index in [9.17, 15) is 22.8 Å². The van der Waals surface area contributed by atoms with Crippen molar-refractivity contribution in [2.24, 2.45) is 0 Å². The van der Waals surface area contributed by atoms with E-state index in [1.807, 2.05) is 0 Å². The number of alkyl halides is 3. The van der Waals surface area contributed by atoms with Crippen LogP contribution >= 0.6 is 11.3 Å². The van der Waals surface area contributed by atoms with E-state index in [1.54, 1.807) is 10.2 Å².